The Balaban J connectivity index is 1.52. The quantitative estimate of drug-likeness (QED) is 0.876. The molecule has 0 spiro atoms. The molecular formula is C16H24N2. The normalized spacial score (nSPS) is 29.8. The fourth-order valence-electron chi connectivity index (χ4n) is 3.21. The molecule has 1 heterocycles. The van der Waals surface area contributed by atoms with Crippen LogP contribution in [0.5, 0.6) is 0 Å². The van der Waals surface area contributed by atoms with Crippen molar-refractivity contribution in [2.24, 2.45) is 17.8 Å². The minimum absolute atomic E-state index is 0.763. The third kappa shape index (κ3) is 2.69. The number of hydrogen-bond donors (Lipinski definition) is 1. The summed E-state index contributed by atoms with van der Waals surface area (Å²) in [5.41, 5.74) is 2.83. The topological polar surface area (TPSA) is 15.3 Å². The highest BCUT2D eigenvalue weighted by Crippen LogP contribution is 2.38. The zero-order valence-electron chi connectivity index (χ0n) is 11.5. The molecule has 1 aliphatic carbocycles. The molecule has 2 nitrogen and oxygen atoms in total. The standard InChI is InChI=1S/C16H24N2/c1-12-7-15(12)11-18(2)10-13-8-14-5-3-4-6-16(14)17-9-13/h3-6,12-13,15,17H,7-11H2,1-2H3. The van der Waals surface area contributed by atoms with E-state index in [0.717, 1.165) is 24.3 Å². The number of nitrogens with one attached hydrogen (secondary N) is 1. The molecule has 18 heavy (non-hydrogen) atoms. The zero-order valence-corrected chi connectivity index (χ0v) is 11.5. The largest absolute Gasteiger partial charge is 0.384 e. The Morgan fingerprint density at radius 2 is 2.06 bits per heavy atom. The van der Waals surface area contributed by atoms with Gasteiger partial charge in [0.15, 0.2) is 0 Å². The fraction of sp³-hybridized carbons (Fsp3) is 0.625. The summed E-state index contributed by atoms with van der Waals surface area (Å²) in [6.45, 7) is 6.02. The van der Waals surface area contributed by atoms with Crippen molar-refractivity contribution in [2.45, 2.75) is 19.8 Å². The second kappa shape index (κ2) is 4.93. The van der Waals surface area contributed by atoms with Gasteiger partial charge in [0.2, 0.25) is 0 Å². The van der Waals surface area contributed by atoms with Crippen molar-refractivity contribution in [3.05, 3.63) is 29.8 Å². The molecule has 3 unspecified atom stereocenters. The van der Waals surface area contributed by atoms with Crippen LogP contribution in [0.4, 0.5) is 5.69 Å². The van der Waals surface area contributed by atoms with Crippen molar-refractivity contribution >= 4 is 5.69 Å². The number of nitrogens with zero attached hydrogens (tertiary/aromatic N) is 1. The molecule has 1 aromatic rings. The summed E-state index contributed by atoms with van der Waals surface area (Å²) in [5, 5.41) is 3.57. The van der Waals surface area contributed by atoms with Gasteiger partial charge in [0.1, 0.15) is 0 Å². The van der Waals surface area contributed by atoms with Gasteiger partial charge >= 0.3 is 0 Å². The maximum atomic E-state index is 3.57. The molecule has 3 atom stereocenters. The van der Waals surface area contributed by atoms with Crippen LogP contribution in [0, 0.1) is 17.8 Å². The Morgan fingerprint density at radius 3 is 2.83 bits per heavy atom. The molecule has 98 valence electrons. The highest BCUT2D eigenvalue weighted by Gasteiger charge is 2.33. The number of fused-ring (bicyclic) bond motifs is 1. The lowest BCUT2D eigenvalue weighted by Crippen LogP contribution is -2.34. The highest BCUT2D eigenvalue weighted by atomic mass is 15.1. The maximum absolute atomic E-state index is 3.57. The Bertz CT molecular complexity index is 415. The van der Waals surface area contributed by atoms with Gasteiger partial charge in [0, 0.05) is 25.3 Å². The molecule has 1 aromatic carbocycles. The van der Waals surface area contributed by atoms with E-state index in [-0.39, 0.29) is 0 Å². The molecule has 2 heteroatoms. The summed E-state index contributed by atoms with van der Waals surface area (Å²) >= 11 is 0. The first kappa shape index (κ1) is 12.0. The van der Waals surface area contributed by atoms with Gasteiger partial charge in [-0.15, -0.1) is 0 Å². The Kier molecular flexibility index (Phi) is 3.29. The molecule has 0 bridgehead atoms. The first-order valence-corrected chi connectivity index (χ1v) is 7.22. The third-order valence-corrected chi connectivity index (χ3v) is 4.50. The van der Waals surface area contributed by atoms with Crippen LogP contribution in [0.2, 0.25) is 0 Å². The second-order valence-corrected chi connectivity index (χ2v) is 6.30. The van der Waals surface area contributed by atoms with Gasteiger partial charge in [0.25, 0.3) is 0 Å². The van der Waals surface area contributed by atoms with E-state index in [9.17, 15) is 0 Å². The van der Waals surface area contributed by atoms with Gasteiger partial charge in [-0.05, 0) is 49.3 Å². The van der Waals surface area contributed by atoms with Gasteiger partial charge in [0.05, 0.1) is 0 Å². The summed E-state index contributed by atoms with van der Waals surface area (Å²) in [6, 6.07) is 8.73. The van der Waals surface area contributed by atoms with Crippen molar-refractivity contribution in [1.29, 1.82) is 0 Å². The van der Waals surface area contributed by atoms with Gasteiger partial charge < -0.3 is 10.2 Å². The smallest absolute Gasteiger partial charge is 0.0372 e. The van der Waals surface area contributed by atoms with Gasteiger partial charge in [-0.3, -0.25) is 0 Å². The van der Waals surface area contributed by atoms with E-state index in [2.05, 4.69) is 48.5 Å². The van der Waals surface area contributed by atoms with Gasteiger partial charge in [-0.2, -0.15) is 0 Å². The molecule has 1 aliphatic heterocycles. The predicted molar refractivity (Wildman–Crippen MR) is 76.9 cm³/mol. The Labute approximate surface area is 110 Å². The monoisotopic (exact) mass is 244 g/mol. The summed E-state index contributed by atoms with van der Waals surface area (Å²) in [4.78, 5) is 2.54. The molecule has 3 rings (SSSR count). The molecule has 1 saturated carbocycles. The number of benzene rings is 1. The maximum Gasteiger partial charge on any atom is 0.0372 e. The van der Waals surface area contributed by atoms with E-state index in [1.54, 1.807) is 0 Å². The molecular weight excluding hydrogens is 220 g/mol. The molecule has 1 fully saturated rings. The van der Waals surface area contributed by atoms with E-state index in [0.29, 0.717) is 0 Å². The van der Waals surface area contributed by atoms with Gasteiger partial charge in [-0.1, -0.05) is 25.1 Å². The molecule has 1 N–H and O–H groups in total. The average Bonchev–Trinajstić information content (AvgIpc) is 3.04. The first-order chi connectivity index (χ1) is 8.72. The van der Waals surface area contributed by atoms with Gasteiger partial charge in [-0.25, -0.2) is 0 Å². The van der Waals surface area contributed by atoms with E-state index < -0.39 is 0 Å². The van der Waals surface area contributed by atoms with Crippen LogP contribution < -0.4 is 5.32 Å². The molecule has 0 aromatic heterocycles. The van der Waals surface area contributed by atoms with Crippen molar-refractivity contribution in [1.82, 2.24) is 4.90 Å². The highest BCUT2D eigenvalue weighted by molar-refractivity contribution is 5.53. The minimum atomic E-state index is 0.763. The molecule has 2 aliphatic rings. The van der Waals surface area contributed by atoms with Crippen molar-refractivity contribution in [2.75, 3.05) is 32.0 Å². The molecule has 0 saturated heterocycles. The fourth-order valence-corrected chi connectivity index (χ4v) is 3.21. The number of para-hydroxylation sites is 1. The summed E-state index contributed by atoms with van der Waals surface area (Å²) in [5.74, 6) is 2.70. The lowest BCUT2D eigenvalue weighted by atomic mass is 9.93. The second-order valence-electron chi connectivity index (χ2n) is 6.30. The average molecular weight is 244 g/mol. The van der Waals surface area contributed by atoms with Crippen LogP contribution >= 0.6 is 0 Å². The third-order valence-electron chi connectivity index (χ3n) is 4.50. The molecule has 0 amide bonds. The number of hydrogen-bond acceptors (Lipinski definition) is 2. The van der Waals surface area contributed by atoms with Crippen LogP contribution in [0.3, 0.4) is 0 Å². The van der Waals surface area contributed by atoms with E-state index in [1.807, 2.05) is 0 Å². The van der Waals surface area contributed by atoms with Crippen LogP contribution in [0.1, 0.15) is 18.9 Å². The van der Waals surface area contributed by atoms with Crippen molar-refractivity contribution < 1.29 is 0 Å². The molecule has 0 radical (unpaired) electrons. The van der Waals surface area contributed by atoms with Crippen molar-refractivity contribution in [3.63, 3.8) is 0 Å². The lowest BCUT2D eigenvalue weighted by Gasteiger charge is -2.29. The Hall–Kier alpha value is -1.02. The zero-order chi connectivity index (χ0) is 12.5. The van der Waals surface area contributed by atoms with E-state index >= 15 is 0 Å². The van der Waals surface area contributed by atoms with Crippen LogP contribution in [0.15, 0.2) is 24.3 Å². The van der Waals surface area contributed by atoms with E-state index in [4.69, 9.17) is 0 Å². The summed E-state index contributed by atoms with van der Waals surface area (Å²) in [7, 11) is 2.28. The van der Waals surface area contributed by atoms with E-state index in [1.165, 1.54) is 37.2 Å². The summed E-state index contributed by atoms with van der Waals surface area (Å²) < 4.78 is 0. The van der Waals surface area contributed by atoms with Crippen LogP contribution in [-0.2, 0) is 6.42 Å². The van der Waals surface area contributed by atoms with Crippen LogP contribution in [0.25, 0.3) is 0 Å². The first-order valence-electron chi connectivity index (χ1n) is 7.22. The SMILES string of the molecule is CC1CC1CN(C)CC1CNc2ccccc2C1. The van der Waals surface area contributed by atoms with Crippen molar-refractivity contribution in [3.8, 4) is 0 Å². The summed E-state index contributed by atoms with van der Waals surface area (Å²) in [6.07, 6.45) is 2.67. The lowest BCUT2D eigenvalue weighted by molar-refractivity contribution is 0.265. The Morgan fingerprint density at radius 1 is 1.28 bits per heavy atom. The van der Waals surface area contributed by atoms with Crippen LogP contribution in [-0.4, -0.2) is 31.6 Å². The number of anilines is 1. The predicted octanol–water partition coefficient (Wildman–Crippen LogP) is 2.86. The minimum Gasteiger partial charge on any atom is -0.384 e. The number of rotatable bonds is 4.